The van der Waals surface area contributed by atoms with E-state index in [0.717, 1.165) is 21.0 Å². The third kappa shape index (κ3) is 0.959. The summed E-state index contributed by atoms with van der Waals surface area (Å²) in [5.41, 5.74) is 1.97. The Balaban J connectivity index is 2.96. The molecule has 0 bridgehead atoms. The molecule has 1 aromatic heterocycles. The van der Waals surface area contributed by atoms with Gasteiger partial charge in [-0.15, -0.1) is 0 Å². The van der Waals surface area contributed by atoms with E-state index in [0.29, 0.717) is 0 Å². The fourth-order valence-electron chi connectivity index (χ4n) is 1.06. The zero-order valence-electron chi connectivity index (χ0n) is 5.97. The summed E-state index contributed by atoms with van der Waals surface area (Å²) in [7, 11) is 0. The van der Waals surface area contributed by atoms with Crippen molar-refractivity contribution in [3.63, 3.8) is 0 Å². The van der Waals surface area contributed by atoms with Gasteiger partial charge >= 0.3 is 0 Å². The van der Waals surface area contributed by atoms with Gasteiger partial charge in [-0.2, -0.15) is 0 Å². The Morgan fingerprint density at radius 3 is 3.00 bits per heavy atom. The first kappa shape index (κ1) is 6.85. The molecule has 1 aromatic carbocycles. The molecule has 56 valence electrons. The predicted octanol–water partition coefficient (Wildman–Crippen LogP) is 2.90. The molecule has 0 fully saturated rings. The summed E-state index contributed by atoms with van der Waals surface area (Å²) in [4.78, 5) is 0. The summed E-state index contributed by atoms with van der Waals surface area (Å²) in [6.07, 6.45) is 1.71. The maximum absolute atomic E-state index is 5.05. The Bertz CT molecular complexity index is 358. The van der Waals surface area contributed by atoms with Crippen LogP contribution in [0, 0.1) is 6.92 Å². The van der Waals surface area contributed by atoms with Crippen molar-refractivity contribution in [1.82, 2.24) is 5.16 Å². The number of hydrogen-bond donors (Lipinski definition) is 0. The monoisotopic (exact) mass is 211 g/mol. The van der Waals surface area contributed by atoms with E-state index in [2.05, 4.69) is 21.1 Å². The van der Waals surface area contributed by atoms with Gasteiger partial charge in [0.15, 0.2) is 5.58 Å². The summed E-state index contributed by atoms with van der Waals surface area (Å²) in [5, 5.41) is 4.75. The lowest BCUT2D eigenvalue weighted by Crippen LogP contribution is -1.72. The Hall–Kier alpha value is -0.830. The van der Waals surface area contributed by atoms with Gasteiger partial charge in [-0.25, -0.2) is 0 Å². The second-order valence-electron chi connectivity index (χ2n) is 2.43. The number of fused-ring (bicyclic) bond motifs is 1. The summed E-state index contributed by atoms with van der Waals surface area (Å²) < 4.78 is 6.08. The summed E-state index contributed by atoms with van der Waals surface area (Å²) in [6, 6.07) is 3.99. The Labute approximate surface area is 72.3 Å². The number of hydrogen-bond acceptors (Lipinski definition) is 2. The standard InChI is InChI=1S/C8H6BrNO/c1-5-2-3-7(9)6-4-10-11-8(5)6/h2-4H,1H3. The van der Waals surface area contributed by atoms with Gasteiger partial charge in [0.25, 0.3) is 0 Å². The van der Waals surface area contributed by atoms with Crippen LogP contribution < -0.4 is 0 Å². The van der Waals surface area contributed by atoms with Crippen LogP contribution >= 0.6 is 15.9 Å². The van der Waals surface area contributed by atoms with Crippen LogP contribution in [0.1, 0.15) is 5.56 Å². The maximum Gasteiger partial charge on any atom is 0.170 e. The van der Waals surface area contributed by atoms with Gasteiger partial charge in [0.05, 0.1) is 11.6 Å². The van der Waals surface area contributed by atoms with Crippen molar-refractivity contribution in [3.05, 3.63) is 28.4 Å². The van der Waals surface area contributed by atoms with Gasteiger partial charge in [0, 0.05) is 4.47 Å². The molecule has 0 aliphatic carbocycles. The van der Waals surface area contributed by atoms with E-state index in [1.165, 1.54) is 0 Å². The zero-order valence-corrected chi connectivity index (χ0v) is 7.55. The van der Waals surface area contributed by atoms with E-state index in [-0.39, 0.29) is 0 Å². The van der Waals surface area contributed by atoms with Crippen molar-refractivity contribution in [2.45, 2.75) is 6.92 Å². The topological polar surface area (TPSA) is 26.0 Å². The highest BCUT2D eigenvalue weighted by Crippen LogP contribution is 2.25. The molecule has 0 N–H and O–H groups in total. The minimum Gasteiger partial charge on any atom is -0.356 e. The van der Waals surface area contributed by atoms with E-state index in [1.54, 1.807) is 6.20 Å². The molecule has 1 heterocycles. The SMILES string of the molecule is Cc1ccc(Br)c2cnoc12. The molecule has 0 aliphatic heterocycles. The van der Waals surface area contributed by atoms with Crippen LogP contribution in [0.25, 0.3) is 11.0 Å². The lowest BCUT2D eigenvalue weighted by atomic mass is 10.2. The van der Waals surface area contributed by atoms with Gasteiger partial charge in [0.2, 0.25) is 0 Å². The van der Waals surface area contributed by atoms with Gasteiger partial charge in [-0.3, -0.25) is 0 Å². The Morgan fingerprint density at radius 1 is 1.45 bits per heavy atom. The van der Waals surface area contributed by atoms with E-state index < -0.39 is 0 Å². The van der Waals surface area contributed by atoms with Crippen LogP contribution in [-0.2, 0) is 0 Å². The number of nitrogens with zero attached hydrogens (tertiary/aromatic N) is 1. The minimum atomic E-state index is 0.861. The fourth-order valence-corrected chi connectivity index (χ4v) is 1.47. The zero-order chi connectivity index (χ0) is 7.84. The Kier molecular flexibility index (Phi) is 1.46. The van der Waals surface area contributed by atoms with Gasteiger partial charge in [-0.1, -0.05) is 11.2 Å². The van der Waals surface area contributed by atoms with Crippen LogP contribution in [-0.4, -0.2) is 5.16 Å². The molecule has 0 amide bonds. The third-order valence-electron chi connectivity index (χ3n) is 1.67. The second kappa shape index (κ2) is 2.34. The molecule has 2 nitrogen and oxygen atoms in total. The van der Waals surface area contributed by atoms with Gasteiger partial charge in [0.1, 0.15) is 0 Å². The van der Waals surface area contributed by atoms with Crippen molar-refractivity contribution in [3.8, 4) is 0 Å². The van der Waals surface area contributed by atoms with Crippen molar-refractivity contribution >= 4 is 26.9 Å². The highest BCUT2D eigenvalue weighted by molar-refractivity contribution is 9.10. The lowest BCUT2D eigenvalue weighted by molar-refractivity contribution is 0.455. The molecule has 2 rings (SSSR count). The van der Waals surface area contributed by atoms with Crippen molar-refractivity contribution < 1.29 is 4.52 Å². The number of benzene rings is 1. The predicted molar refractivity (Wildman–Crippen MR) is 46.4 cm³/mol. The smallest absolute Gasteiger partial charge is 0.170 e. The molecular formula is C8H6BrNO. The number of rotatable bonds is 0. The average Bonchev–Trinajstić information content (AvgIpc) is 2.45. The summed E-state index contributed by atoms with van der Waals surface area (Å²) in [5.74, 6) is 0. The minimum absolute atomic E-state index is 0.861. The van der Waals surface area contributed by atoms with E-state index in [1.807, 2.05) is 19.1 Å². The molecule has 0 radical (unpaired) electrons. The second-order valence-corrected chi connectivity index (χ2v) is 3.29. The summed E-state index contributed by atoms with van der Waals surface area (Å²) >= 11 is 3.41. The van der Waals surface area contributed by atoms with E-state index >= 15 is 0 Å². The fraction of sp³-hybridized carbons (Fsp3) is 0.125. The molecule has 11 heavy (non-hydrogen) atoms. The van der Waals surface area contributed by atoms with Crippen molar-refractivity contribution in [2.24, 2.45) is 0 Å². The molecule has 0 aliphatic rings. The van der Waals surface area contributed by atoms with Crippen LogP contribution in [0.15, 0.2) is 27.3 Å². The average molecular weight is 212 g/mol. The quantitative estimate of drug-likeness (QED) is 0.670. The van der Waals surface area contributed by atoms with E-state index in [4.69, 9.17) is 4.52 Å². The van der Waals surface area contributed by atoms with Crippen molar-refractivity contribution in [2.75, 3.05) is 0 Å². The summed E-state index contributed by atoms with van der Waals surface area (Å²) in [6.45, 7) is 2.00. The van der Waals surface area contributed by atoms with Crippen LogP contribution in [0.2, 0.25) is 0 Å². The molecular weight excluding hydrogens is 206 g/mol. The molecule has 0 unspecified atom stereocenters. The molecule has 3 heteroatoms. The number of halogens is 1. The lowest BCUT2D eigenvalue weighted by Gasteiger charge is -1.93. The van der Waals surface area contributed by atoms with Crippen molar-refractivity contribution in [1.29, 1.82) is 0 Å². The maximum atomic E-state index is 5.05. The van der Waals surface area contributed by atoms with Gasteiger partial charge in [-0.05, 0) is 34.5 Å². The third-order valence-corrected chi connectivity index (χ3v) is 2.36. The number of aromatic nitrogens is 1. The highest BCUT2D eigenvalue weighted by atomic mass is 79.9. The molecule has 0 saturated heterocycles. The normalized spacial score (nSPS) is 10.7. The first-order chi connectivity index (χ1) is 5.29. The number of aryl methyl sites for hydroxylation is 1. The van der Waals surface area contributed by atoms with Crippen LogP contribution in [0.5, 0.6) is 0 Å². The highest BCUT2D eigenvalue weighted by Gasteiger charge is 2.04. The van der Waals surface area contributed by atoms with Gasteiger partial charge < -0.3 is 4.52 Å². The molecule has 0 spiro atoms. The largest absolute Gasteiger partial charge is 0.356 e. The first-order valence-corrected chi connectivity index (χ1v) is 4.08. The molecule has 0 saturated carbocycles. The van der Waals surface area contributed by atoms with E-state index in [9.17, 15) is 0 Å². The molecule has 0 atom stereocenters. The Morgan fingerprint density at radius 2 is 2.27 bits per heavy atom. The molecule has 2 aromatic rings. The van der Waals surface area contributed by atoms with Crippen LogP contribution in [0.3, 0.4) is 0 Å². The first-order valence-electron chi connectivity index (χ1n) is 3.28. The van der Waals surface area contributed by atoms with Crippen LogP contribution in [0.4, 0.5) is 0 Å².